The van der Waals surface area contributed by atoms with Gasteiger partial charge in [0.15, 0.2) is 0 Å². The van der Waals surface area contributed by atoms with E-state index >= 15 is 0 Å². The Hall–Kier alpha value is -3.20. The molecule has 2 aromatic carbocycles. The van der Waals surface area contributed by atoms with Gasteiger partial charge in [-0.15, -0.1) is 0 Å². The number of nitrogens with zero attached hydrogens (tertiary/aromatic N) is 2. The van der Waals surface area contributed by atoms with Crippen molar-refractivity contribution in [3.63, 3.8) is 0 Å². The van der Waals surface area contributed by atoms with Gasteiger partial charge in [-0.3, -0.25) is 9.59 Å². The molecule has 1 atom stereocenters. The monoisotopic (exact) mass is 486 g/mol. The fourth-order valence-electron chi connectivity index (χ4n) is 3.91. The lowest BCUT2D eigenvalue weighted by molar-refractivity contribution is -0.123. The van der Waals surface area contributed by atoms with Crippen LogP contribution in [0.4, 0.5) is 11.4 Å². The summed E-state index contributed by atoms with van der Waals surface area (Å²) in [6.45, 7) is 3.82. The van der Waals surface area contributed by atoms with Crippen LogP contribution in [0.3, 0.4) is 0 Å². The van der Waals surface area contributed by atoms with Gasteiger partial charge in [0.25, 0.3) is 0 Å². The van der Waals surface area contributed by atoms with Crippen LogP contribution in [0.25, 0.3) is 0 Å². The number of amides is 2. The maximum absolute atomic E-state index is 13.2. The van der Waals surface area contributed by atoms with Crippen LogP contribution in [-0.4, -0.2) is 45.1 Å². The minimum Gasteiger partial charge on any atom is -0.462 e. The molecule has 1 unspecified atom stereocenters. The number of hydrogen-bond donors (Lipinski definition) is 0. The molecule has 1 aliphatic rings. The molecule has 1 saturated carbocycles. The maximum Gasteiger partial charge on any atom is 0.338 e. The number of ether oxygens (including phenoxy) is 1. The highest BCUT2D eigenvalue weighted by Crippen LogP contribution is 2.37. The summed E-state index contributed by atoms with van der Waals surface area (Å²) in [5, 5.41) is 0. The zero-order valence-electron chi connectivity index (χ0n) is 19.6. The van der Waals surface area contributed by atoms with E-state index in [0.29, 0.717) is 10.2 Å². The molecule has 1 aliphatic carbocycles. The van der Waals surface area contributed by atoms with E-state index in [1.807, 2.05) is 37.3 Å². The fourth-order valence-corrected chi connectivity index (χ4v) is 4.87. The second-order valence-corrected chi connectivity index (χ2v) is 10.2. The molecule has 0 N–H and O–H groups in total. The molecule has 3 rings (SSSR count). The first-order valence-corrected chi connectivity index (χ1v) is 13.2. The largest absolute Gasteiger partial charge is 0.462 e. The third kappa shape index (κ3) is 6.22. The Bertz CT molecular complexity index is 1150. The normalized spacial score (nSPS) is 14.2. The van der Waals surface area contributed by atoms with Crippen molar-refractivity contribution in [2.75, 3.05) is 22.1 Å². The molecule has 0 heterocycles. The number of sulfonamides is 1. The maximum atomic E-state index is 13.2. The minimum atomic E-state index is -4.01. The first kappa shape index (κ1) is 25.4. The molecule has 34 heavy (non-hydrogen) atoms. The van der Waals surface area contributed by atoms with Crippen LogP contribution in [0.5, 0.6) is 0 Å². The zero-order valence-corrected chi connectivity index (χ0v) is 20.5. The van der Waals surface area contributed by atoms with E-state index in [2.05, 4.69) is 0 Å². The number of carbonyl (C=O) groups excluding carboxylic acids is 3. The molecule has 1 fully saturated rings. The molecule has 9 heteroatoms. The summed E-state index contributed by atoms with van der Waals surface area (Å²) in [6.07, 6.45) is 2.57. The Morgan fingerprint density at radius 3 is 2.18 bits per heavy atom. The number of esters is 1. The van der Waals surface area contributed by atoms with Crippen molar-refractivity contribution in [3.05, 3.63) is 60.2 Å². The smallest absolute Gasteiger partial charge is 0.338 e. The van der Waals surface area contributed by atoms with Gasteiger partial charge in [0, 0.05) is 24.6 Å². The Kier molecular flexibility index (Phi) is 8.09. The van der Waals surface area contributed by atoms with Crippen molar-refractivity contribution >= 4 is 39.2 Å². The van der Waals surface area contributed by atoms with Crippen LogP contribution >= 0.6 is 0 Å². The molecule has 2 aromatic rings. The van der Waals surface area contributed by atoms with Crippen LogP contribution < -0.4 is 9.21 Å². The van der Waals surface area contributed by atoms with Crippen LogP contribution in [0.2, 0.25) is 0 Å². The average molecular weight is 487 g/mol. The summed E-state index contributed by atoms with van der Waals surface area (Å²) in [6, 6.07) is 14.9. The van der Waals surface area contributed by atoms with Gasteiger partial charge in [0.1, 0.15) is 0 Å². The zero-order chi connectivity index (χ0) is 24.9. The number of rotatable bonds is 10. The minimum absolute atomic E-state index is 0.0164. The molecule has 0 spiro atoms. The number of carbonyl (C=O) groups is 3. The van der Waals surface area contributed by atoms with E-state index in [9.17, 15) is 22.8 Å². The SMILES string of the molecule is CCOC(=O)c1cccc(N(C(=O)CCC(=O)N(c2ccccc2)C(C)C2CC2)S(C)(=O)=O)c1. The standard InChI is InChI=1S/C25H30N2O6S/c1-4-33-25(30)20-9-8-12-22(17-20)27(34(3,31)32)24(29)16-15-23(28)26(18(2)19-13-14-19)21-10-6-5-7-11-21/h5-12,17-19H,4,13-16H2,1-3H3. The van der Waals surface area contributed by atoms with Gasteiger partial charge in [-0.05, 0) is 62.9 Å². The van der Waals surface area contributed by atoms with E-state index in [1.54, 1.807) is 11.8 Å². The van der Waals surface area contributed by atoms with E-state index in [4.69, 9.17) is 4.74 Å². The Morgan fingerprint density at radius 2 is 1.59 bits per heavy atom. The first-order chi connectivity index (χ1) is 16.1. The average Bonchev–Trinajstić information content (AvgIpc) is 3.64. The Labute approximate surface area is 200 Å². The van der Waals surface area contributed by atoms with Crippen molar-refractivity contribution in [3.8, 4) is 0 Å². The number of benzene rings is 2. The van der Waals surface area contributed by atoms with Crippen LogP contribution in [-0.2, 0) is 24.3 Å². The topological polar surface area (TPSA) is 101 Å². The molecule has 0 aromatic heterocycles. The van der Waals surface area contributed by atoms with Gasteiger partial charge in [0.2, 0.25) is 21.8 Å². The van der Waals surface area contributed by atoms with Crippen molar-refractivity contribution < 1.29 is 27.5 Å². The summed E-state index contributed by atoms with van der Waals surface area (Å²) in [7, 11) is -4.01. The third-order valence-electron chi connectivity index (χ3n) is 5.72. The van der Waals surface area contributed by atoms with E-state index in [1.165, 1.54) is 24.3 Å². The van der Waals surface area contributed by atoms with Gasteiger partial charge in [-0.1, -0.05) is 24.3 Å². The summed E-state index contributed by atoms with van der Waals surface area (Å²) >= 11 is 0. The van der Waals surface area contributed by atoms with Crippen LogP contribution in [0.15, 0.2) is 54.6 Å². The molecule has 2 amide bonds. The predicted molar refractivity (Wildman–Crippen MR) is 130 cm³/mol. The van der Waals surface area contributed by atoms with Crippen LogP contribution in [0.1, 0.15) is 49.9 Å². The summed E-state index contributed by atoms with van der Waals surface area (Å²) in [4.78, 5) is 40.0. The summed E-state index contributed by atoms with van der Waals surface area (Å²) in [5.41, 5.74) is 0.906. The second-order valence-electron chi connectivity index (χ2n) is 8.37. The molecular formula is C25H30N2O6S. The van der Waals surface area contributed by atoms with Crippen molar-refractivity contribution in [1.82, 2.24) is 0 Å². The van der Waals surface area contributed by atoms with E-state index in [0.717, 1.165) is 24.8 Å². The van der Waals surface area contributed by atoms with Gasteiger partial charge >= 0.3 is 5.97 Å². The molecule has 182 valence electrons. The second kappa shape index (κ2) is 10.8. The molecule has 8 nitrogen and oxygen atoms in total. The van der Waals surface area contributed by atoms with Crippen molar-refractivity contribution in [1.29, 1.82) is 0 Å². The molecule has 0 bridgehead atoms. The molecule has 0 aliphatic heterocycles. The number of hydrogen-bond acceptors (Lipinski definition) is 6. The molecule has 0 radical (unpaired) electrons. The highest BCUT2D eigenvalue weighted by molar-refractivity contribution is 7.92. The predicted octanol–water partition coefficient (Wildman–Crippen LogP) is 3.77. The summed E-state index contributed by atoms with van der Waals surface area (Å²) in [5.74, 6) is -1.19. The van der Waals surface area contributed by atoms with Crippen LogP contribution in [0, 0.1) is 5.92 Å². The Balaban J connectivity index is 1.79. The fraction of sp³-hybridized carbons (Fsp3) is 0.400. The highest BCUT2D eigenvalue weighted by atomic mass is 32.2. The lowest BCUT2D eigenvalue weighted by Gasteiger charge is -2.30. The first-order valence-electron chi connectivity index (χ1n) is 11.3. The molecule has 0 saturated heterocycles. The van der Waals surface area contributed by atoms with Crippen molar-refractivity contribution in [2.45, 2.75) is 45.6 Å². The lowest BCUT2D eigenvalue weighted by atomic mass is 10.1. The van der Waals surface area contributed by atoms with Gasteiger partial charge < -0.3 is 9.64 Å². The van der Waals surface area contributed by atoms with Gasteiger partial charge in [-0.2, -0.15) is 0 Å². The quantitative estimate of drug-likeness (QED) is 0.474. The van der Waals surface area contributed by atoms with Crippen molar-refractivity contribution in [2.24, 2.45) is 5.92 Å². The van der Waals surface area contributed by atoms with E-state index in [-0.39, 0.29) is 42.6 Å². The number of para-hydroxylation sites is 1. The van der Waals surface area contributed by atoms with E-state index < -0.39 is 21.9 Å². The summed E-state index contributed by atoms with van der Waals surface area (Å²) < 4.78 is 30.6. The number of anilines is 2. The molecular weight excluding hydrogens is 456 g/mol. The lowest BCUT2D eigenvalue weighted by Crippen LogP contribution is -2.41. The van der Waals surface area contributed by atoms with Gasteiger partial charge in [0.05, 0.1) is 24.1 Å². The Morgan fingerprint density at radius 1 is 0.971 bits per heavy atom. The third-order valence-corrected chi connectivity index (χ3v) is 6.79. The van der Waals surface area contributed by atoms with Gasteiger partial charge in [-0.25, -0.2) is 17.5 Å². The highest BCUT2D eigenvalue weighted by Gasteiger charge is 2.35.